The molecule has 0 spiro atoms. The van der Waals surface area contributed by atoms with Gasteiger partial charge in [0.25, 0.3) is 0 Å². The molecule has 1 N–H and O–H groups in total. The van der Waals surface area contributed by atoms with Crippen LogP contribution in [0, 0.1) is 0 Å². The number of hydrogen-bond donors (Lipinski definition) is 1. The van der Waals surface area contributed by atoms with Crippen molar-refractivity contribution in [2.75, 3.05) is 20.6 Å². The predicted octanol–water partition coefficient (Wildman–Crippen LogP) is 3.21. The van der Waals surface area contributed by atoms with E-state index in [1.54, 1.807) is 0 Å². The van der Waals surface area contributed by atoms with Gasteiger partial charge < -0.3 is 10.2 Å². The summed E-state index contributed by atoms with van der Waals surface area (Å²) in [6.07, 6.45) is 1.24. The van der Waals surface area contributed by atoms with E-state index in [2.05, 4.69) is 49.6 Å². The van der Waals surface area contributed by atoms with Crippen LogP contribution in [0.3, 0.4) is 0 Å². The molecule has 2 unspecified atom stereocenters. The zero-order valence-electron chi connectivity index (χ0n) is 11.1. The molecule has 0 saturated carbocycles. The Morgan fingerprint density at radius 1 is 1.53 bits per heavy atom. The van der Waals surface area contributed by atoms with Crippen molar-refractivity contribution in [2.45, 2.75) is 41.8 Å². The Labute approximate surface area is 113 Å². The number of hydrogen-bond acceptors (Lipinski definition) is 4. The molecule has 1 aromatic rings. The van der Waals surface area contributed by atoms with Gasteiger partial charge in [0, 0.05) is 23.9 Å². The van der Waals surface area contributed by atoms with E-state index in [1.165, 1.54) is 16.2 Å². The summed E-state index contributed by atoms with van der Waals surface area (Å²) in [5.74, 6) is 0. The number of thioether (sulfide) groups is 1. The van der Waals surface area contributed by atoms with Crippen molar-refractivity contribution in [1.29, 1.82) is 0 Å². The Hall–Kier alpha value is -0.0300. The second-order valence-electron chi connectivity index (χ2n) is 5.10. The quantitative estimate of drug-likeness (QED) is 0.904. The molecule has 0 amide bonds. The van der Waals surface area contributed by atoms with E-state index in [0.29, 0.717) is 12.1 Å². The van der Waals surface area contributed by atoms with Gasteiger partial charge in [0.1, 0.15) is 0 Å². The summed E-state index contributed by atoms with van der Waals surface area (Å²) in [4.78, 5) is 2.27. The lowest BCUT2D eigenvalue weighted by atomic mass is 10.0. The molecule has 96 valence electrons. The summed E-state index contributed by atoms with van der Waals surface area (Å²) in [6, 6.07) is 3.42. The summed E-state index contributed by atoms with van der Waals surface area (Å²) in [5.41, 5.74) is 1.52. The van der Waals surface area contributed by atoms with Gasteiger partial charge in [0.05, 0.1) is 4.21 Å². The highest BCUT2D eigenvalue weighted by molar-refractivity contribution is 8.01. The van der Waals surface area contributed by atoms with Crippen LogP contribution in [0.25, 0.3) is 0 Å². The number of thiophene rings is 1. The van der Waals surface area contributed by atoms with Crippen LogP contribution in [0.2, 0.25) is 0 Å². The zero-order valence-corrected chi connectivity index (χ0v) is 12.7. The molecule has 0 aromatic carbocycles. The first-order valence-corrected chi connectivity index (χ1v) is 7.97. The van der Waals surface area contributed by atoms with E-state index in [0.717, 1.165) is 11.8 Å². The Bertz CT molecular complexity index is 362. The normalized spacial score (nSPS) is 25.9. The highest BCUT2D eigenvalue weighted by Crippen LogP contribution is 2.43. The Morgan fingerprint density at radius 2 is 2.29 bits per heavy atom. The molecule has 0 aliphatic carbocycles. The molecule has 4 heteroatoms. The number of fused-ring (bicyclic) bond motifs is 1. The lowest BCUT2D eigenvalue weighted by molar-refractivity contribution is 0.290. The van der Waals surface area contributed by atoms with E-state index >= 15 is 0 Å². The highest BCUT2D eigenvalue weighted by atomic mass is 32.2. The molecule has 1 aliphatic rings. The van der Waals surface area contributed by atoms with Crippen molar-refractivity contribution in [3.8, 4) is 0 Å². The van der Waals surface area contributed by atoms with Crippen LogP contribution in [-0.2, 0) is 0 Å². The molecule has 0 radical (unpaired) electrons. The van der Waals surface area contributed by atoms with Crippen LogP contribution in [0.15, 0.2) is 15.7 Å². The molecular formula is C13H22N2S2. The summed E-state index contributed by atoms with van der Waals surface area (Å²) >= 11 is 3.92. The predicted molar refractivity (Wildman–Crippen MR) is 78.1 cm³/mol. The Morgan fingerprint density at radius 3 is 3.00 bits per heavy atom. The van der Waals surface area contributed by atoms with E-state index in [9.17, 15) is 0 Å². The van der Waals surface area contributed by atoms with Gasteiger partial charge >= 0.3 is 0 Å². The van der Waals surface area contributed by atoms with Gasteiger partial charge in [-0.1, -0.05) is 6.92 Å². The summed E-state index contributed by atoms with van der Waals surface area (Å²) in [6.45, 7) is 5.66. The van der Waals surface area contributed by atoms with Crippen molar-refractivity contribution in [2.24, 2.45) is 0 Å². The number of rotatable bonds is 4. The fourth-order valence-corrected chi connectivity index (χ4v) is 4.60. The molecule has 0 bridgehead atoms. The lowest BCUT2D eigenvalue weighted by Crippen LogP contribution is -2.38. The van der Waals surface area contributed by atoms with Gasteiger partial charge in [-0.05, 0) is 44.4 Å². The van der Waals surface area contributed by atoms with E-state index in [4.69, 9.17) is 0 Å². The first kappa shape index (κ1) is 13.4. The Balaban J connectivity index is 1.98. The molecule has 3 atom stereocenters. The average Bonchev–Trinajstić information content (AvgIpc) is 2.72. The lowest BCUT2D eigenvalue weighted by Gasteiger charge is -2.30. The fraction of sp³-hybridized carbons (Fsp3) is 0.692. The van der Waals surface area contributed by atoms with Crippen LogP contribution >= 0.6 is 23.1 Å². The molecule has 2 rings (SSSR count). The van der Waals surface area contributed by atoms with Gasteiger partial charge in [-0.3, -0.25) is 0 Å². The molecule has 0 saturated heterocycles. The van der Waals surface area contributed by atoms with Gasteiger partial charge in [-0.25, -0.2) is 0 Å². The zero-order chi connectivity index (χ0) is 12.4. The van der Waals surface area contributed by atoms with E-state index < -0.39 is 0 Å². The first-order valence-electron chi connectivity index (χ1n) is 6.21. The van der Waals surface area contributed by atoms with Crippen molar-refractivity contribution >= 4 is 23.1 Å². The van der Waals surface area contributed by atoms with Gasteiger partial charge in [0.15, 0.2) is 0 Å². The second-order valence-corrected chi connectivity index (χ2v) is 7.72. The molecule has 1 aromatic heterocycles. The minimum atomic E-state index is 0.551. The average molecular weight is 270 g/mol. The molecular weight excluding hydrogens is 248 g/mol. The summed E-state index contributed by atoms with van der Waals surface area (Å²) < 4.78 is 1.51. The minimum absolute atomic E-state index is 0.551. The van der Waals surface area contributed by atoms with Crippen LogP contribution < -0.4 is 5.32 Å². The number of nitrogens with one attached hydrogen (secondary N) is 1. The molecule has 0 fully saturated rings. The monoisotopic (exact) mass is 270 g/mol. The fourth-order valence-electron chi connectivity index (χ4n) is 2.04. The minimum Gasteiger partial charge on any atom is -0.308 e. The molecule has 17 heavy (non-hydrogen) atoms. The third-order valence-corrected chi connectivity index (χ3v) is 5.79. The topological polar surface area (TPSA) is 15.3 Å². The largest absolute Gasteiger partial charge is 0.308 e. The van der Waals surface area contributed by atoms with E-state index in [1.807, 2.05) is 23.1 Å². The maximum absolute atomic E-state index is 3.73. The molecule has 2 nitrogen and oxygen atoms in total. The second kappa shape index (κ2) is 5.74. The standard InChI is InChI=1S/C13H22N2S2/c1-9(15(3)4)8-14-12-7-10(2)17-13-11(12)5-6-16-13/h5-6,9-10,12,14H,7-8H2,1-4H3/t9?,10-,12?/m0/s1. The maximum Gasteiger partial charge on any atom is 0.0649 e. The van der Waals surface area contributed by atoms with Crippen LogP contribution in [0.5, 0.6) is 0 Å². The van der Waals surface area contributed by atoms with Crippen molar-refractivity contribution < 1.29 is 0 Å². The van der Waals surface area contributed by atoms with Crippen LogP contribution in [0.4, 0.5) is 0 Å². The number of likely N-dealkylation sites (N-methyl/N-ethyl adjacent to an activating group) is 1. The first-order chi connectivity index (χ1) is 8.08. The summed E-state index contributed by atoms with van der Waals surface area (Å²) in [5, 5.41) is 6.68. The third-order valence-electron chi connectivity index (χ3n) is 3.45. The smallest absolute Gasteiger partial charge is 0.0649 e. The van der Waals surface area contributed by atoms with Crippen LogP contribution in [0.1, 0.15) is 31.9 Å². The highest BCUT2D eigenvalue weighted by Gasteiger charge is 2.26. The summed E-state index contributed by atoms with van der Waals surface area (Å²) in [7, 11) is 4.28. The molecule has 2 heterocycles. The SMILES string of the molecule is CC(CNC1C[C@H](C)Sc2sccc21)N(C)C. The van der Waals surface area contributed by atoms with E-state index in [-0.39, 0.29) is 0 Å². The van der Waals surface area contributed by atoms with Gasteiger partial charge in [0.2, 0.25) is 0 Å². The van der Waals surface area contributed by atoms with Gasteiger partial charge in [-0.15, -0.1) is 23.1 Å². The molecule has 1 aliphatic heterocycles. The van der Waals surface area contributed by atoms with Crippen molar-refractivity contribution in [1.82, 2.24) is 10.2 Å². The van der Waals surface area contributed by atoms with Crippen LogP contribution in [-0.4, -0.2) is 36.8 Å². The Kier molecular flexibility index (Phi) is 4.53. The third kappa shape index (κ3) is 3.25. The maximum atomic E-state index is 3.73. The van der Waals surface area contributed by atoms with Gasteiger partial charge in [-0.2, -0.15) is 0 Å². The van der Waals surface area contributed by atoms with Crippen molar-refractivity contribution in [3.05, 3.63) is 17.0 Å². The van der Waals surface area contributed by atoms with Crippen molar-refractivity contribution in [3.63, 3.8) is 0 Å². The number of nitrogens with zero attached hydrogens (tertiary/aromatic N) is 1.